The van der Waals surface area contributed by atoms with Gasteiger partial charge in [0, 0.05) is 32.3 Å². The number of fused-ring (bicyclic) bond motifs is 1. The van der Waals surface area contributed by atoms with Gasteiger partial charge in [0.25, 0.3) is 0 Å². The standard InChI is InChI=1S/C20H17BrN4O2S/c1-11-12(2)22-17-8-3-13(9-16(11)17)19-23-24-20(28-10-18(26)27)25(19)15-6-4-14(21)5-7-15/h3-9,22H,10H2,1-2H3,(H,26,27). The molecule has 0 aliphatic carbocycles. The zero-order valence-corrected chi connectivity index (χ0v) is 17.6. The molecule has 0 aliphatic rings. The molecule has 142 valence electrons. The van der Waals surface area contributed by atoms with Crippen LogP contribution in [0, 0.1) is 13.8 Å². The Morgan fingerprint density at radius 1 is 1.18 bits per heavy atom. The highest BCUT2D eigenvalue weighted by molar-refractivity contribution is 9.10. The van der Waals surface area contributed by atoms with E-state index in [1.165, 1.54) is 5.56 Å². The lowest BCUT2D eigenvalue weighted by Crippen LogP contribution is -2.03. The van der Waals surface area contributed by atoms with E-state index in [0.29, 0.717) is 11.0 Å². The fraction of sp³-hybridized carbons (Fsp3) is 0.150. The van der Waals surface area contributed by atoms with Gasteiger partial charge in [0.05, 0.1) is 5.75 Å². The molecule has 28 heavy (non-hydrogen) atoms. The number of halogens is 1. The van der Waals surface area contributed by atoms with Crippen molar-refractivity contribution >= 4 is 44.6 Å². The summed E-state index contributed by atoms with van der Waals surface area (Å²) in [6.07, 6.45) is 0. The average molecular weight is 457 g/mol. The third-order valence-corrected chi connectivity index (χ3v) is 6.05. The monoisotopic (exact) mass is 456 g/mol. The van der Waals surface area contributed by atoms with Crippen LogP contribution in [0.5, 0.6) is 0 Å². The normalized spacial score (nSPS) is 11.2. The maximum absolute atomic E-state index is 11.0. The van der Waals surface area contributed by atoms with Gasteiger partial charge in [-0.2, -0.15) is 0 Å². The van der Waals surface area contributed by atoms with Crippen molar-refractivity contribution in [3.05, 3.63) is 58.2 Å². The second-order valence-electron chi connectivity index (χ2n) is 6.44. The number of aromatic nitrogens is 4. The number of carbonyl (C=O) groups is 1. The van der Waals surface area contributed by atoms with Gasteiger partial charge in [-0.3, -0.25) is 9.36 Å². The summed E-state index contributed by atoms with van der Waals surface area (Å²) in [5.74, 6) is -0.295. The molecule has 0 unspecified atom stereocenters. The number of hydrogen-bond donors (Lipinski definition) is 2. The summed E-state index contributed by atoms with van der Waals surface area (Å²) < 4.78 is 2.86. The molecule has 0 spiro atoms. The lowest BCUT2D eigenvalue weighted by atomic mass is 10.1. The lowest BCUT2D eigenvalue weighted by molar-refractivity contribution is -0.133. The van der Waals surface area contributed by atoms with Crippen LogP contribution in [0.4, 0.5) is 0 Å². The fourth-order valence-electron chi connectivity index (χ4n) is 3.10. The number of hydrogen-bond acceptors (Lipinski definition) is 4. The number of nitrogens with zero attached hydrogens (tertiary/aromatic N) is 3. The van der Waals surface area contributed by atoms with Gasteiger partial charge < -0.3 is 10.1 Å². The van der Waals surface area contributed by atoms with Crippen molar-refractivity contribution in [1.29, 1.82) is 0 Å². The van der Waals surface area contributed by atoms with Crippen LogP contribution in [-0.2, 0) is 4.79 Å². The number of thioether (sulfide) groups is 1. The largest absolute Gasteiger partial charge is 0.481 e. The molecule has 8 heteroatoms. The van der Waals surface area contributed by atoms with E-state index in [1.54, 1.807) is 0 Å². The summed E-state index contributed by atoms with van der Waals surface area (Å²) in [5, 5.41) is 19.4. The van der Waals surface area contributed by atoms with Crippen LogP contribution in [-0.4, -0.2) is 36.6 Å². The van der Waals surface area contributed by atoms with Crippen molar-refractivity contribution in [2.45, 2.75) is 19.0 Å². The Morgan fingerprint density at radius 3 is 2.64 bits per heavy atom. The molecular formula is C20H17BrN4O2S. The van der Waals surface area contributed by atoms with Gasteiger partial charge in [-0.15, -0.1) is 10.2 Å². The summed E-state index contributed by atoms with van der Waals surface area (Å²) >= 11 is 4.60. The number of aliphatic carboxylic acids is 1. The van der Waals surface area contributed by atoms with Crippen molar-refractivity contribution in [1.82, 2.24) is 19.7 Å². The quantitative estimate of drug-likeness (QED) is 0.414. The van der Waals surface area contributed by atoms with Gasteiger partial charge in [0.2, 0.25) is 0 Å². The molecule has 0 amide bonds. The summed E-state index contributed by atoms with van der Waals surface area (Å²) in [5.41, 5.74) is 5.21. The minimum atomic E-state index is -0.892. The van der Waals surface area contributed by atoms with Gasteiger partial charge in [0.1, 0.15) is 0 Å². The molecule has 6 nitrogen and oxygen atoms in total. The summed E-state index contributed by atoms with van der Waals surface area (Å²) in [6.45, 7) is 4.14. The van der Waals surface area contributed by atoms with Crippen molar-refractivity contribution in [2.75, 3.05) is 5.75 Å². The van der Waals surface area contributed by atoms with E-state index in [9.17, 15) is 4.79 Å². The highest BCUT2D eigenvalue weighted by Crippen LogP contribution is 2.31. The minimum Gasteiger partial charge on any atom is -0.481 e. The van der Waals surface area contributed by atoms with Gasteiger partial charge in [-0.1, -0.05) is 27.7 Å². The zero-order chi connectivity index (χ0) is 19.8. The first-order valence-corrected chi connectivity index (χ1v) is 10.4. The summed E-state index contributed by atoms with van der Waals surface area (Å²) in [6, 6.07) is 13.9. The highest BCUT2D eigenvalue weighted by Gasteiger charge is 2.18. The molecule has 0 aliphatic heterocycles. The van der Waals surface area contributed by atoms with Gasteiger partial charge in [-0.05, 0) is 61.9 Å². The number of aromatic amines is 1. The maximum atomic E-state index is 11.0. The van der Waals surface area contributed by atoms with Crippen LogP contribution in [0.15, 0.2) is 52.1 Å². The maximum Gasteiger partial charge on any atom is 0.313 e. The number of rotatable bonds is 5. The molecule has 0 saturated carbocycles. The first-order valence-electron chi connectivity index (χ1n) is 8.59. The Hall–Kier alpha value is -2.58. The van der Waals surface area contributed by atoms with Crippen molar-refractivity contribution < 1.29 is 9.90 Å². The lowest BCUT2D eigenvalue weighted by Gasteiger charge is -2.10. The number of H-pyrrole nitrogens is 1. The summed E-state index contributed by atoms with van der Waals surface area (Å²) in [4.78, 5) is 14.4. The Bertz CT molecular complexity index is 1180. The predicted molar refractivity (Wildman–Crippen MR) is 114 cm³/mol. The molecule has 0 fully saturated rings. The van der Waals surface area contributed by atoms with E-state index in [4.69, 9.17) is 5.11 Å². The van der Waals surface area contributed by atoms with E-state index in [-0.39, 0.29) is 5.75 Å². The van der Waals surface area contributed by atoms with Crippen LogP contribution in [0.2, 0.25) is 0 Å². The van der Waals surface area contributed by atoms with Crippen LogP contribution >= 0.6 is 27.7 Å². The molecule has 0 radical (unpaired) electrons. The highest BCUT2D eigenvalue weighted by atomic mass is 79.9. The topological polar surface area (TPSA) is 83.8 Å². The van der Waals surface area contributed by atoms with Gasteiger partial charge in [0.15, 0.2) is 11.0 Å². The fourth-order valence-corrected chi connectivity index (χ4v) is 4.04. The minimum absolute atomic E-state index is 0.0796. The molecule has 2 heterocycles. The smallest absolute Gasteiger partial charge is 0.313 e. The number of nitrogens with one attached hydrogen (secondary N) is 1. The van der Waals surface area contributed by atoms with Crippen LogP contribution in [0.3, 0.4) is 0 Å². The Balaban J connectivity index is 1.87. The molecular weight excluding hydrogens is 440 g/mol. The third-order valence-electron chi connectivity index (χ3n) is 4.61. The SMILES string of the molecule is Cc1[nH]c2ccc(-c3nnc(SCC(=O)O)n3-c3ccc(Br)cc3)cc2c1C. The van der Waals surface area contributed by atoms with Crippen molar-refractivity contribution in [3.63, 3.8) is 0 Å². The molecule has 0 bridgehead atoms. The Labute approximate surface area is 174 Å². The number of carboxylic acid groups (broad SMARTS) is 1. The third kappa shape index (κ3) is 3.45. The molecule has 4 aromatic rings. The molecule has 2 aromatic heterocycles. The molecule has 0 saturated heterocycles. The zero-order valence-electron chi connectivity index (χ0n) is 15.2. The number of aryl methyl sites for hydroxylation is 2. The molecule has 4 rings (SSSR count). The van der Waals surface area contributed by atoms with Crippen molar-refractivity contribution in [2.24, 2.45) is 0 Å². The second-order valence-corrected chi connectivity index (χ2v) is 8.29. The second kappa shape index (κ2) is 7.44. The molecule has 2 aromatic carbocycles. The van der Waals surface area contributed by atoms with Crippen LogP contribution < -0.4 is 0 Å². The number of benzene rings is 2. The van der Waals surface area contributed by atoms with Gasteiger partial charge >= 0.3 is 5.97 Å². The van der Waals surface area contributed by atoms with Gasteiger partial charge in [-0.25, -0.2) is 0 Å². The van der Waals surface area contributed by atoms with E-state index in [1.807, 2.05) is 41.0 Å². The number of carboxylic acids is 1. The Kier molecular flexibility index (Phi) is 4.99. The average Bonchev–Trinajstić information content (AvgIpc) is 3.22. The summed E-state index contributed by atoms with van der Waals surface area (Å²) in [7, 11) is 0. The van der Waals surface area contributed by atoms with E-state index >= 15 is 0 Å². The van der Waals surface area contributed by atoms with Crippen molar-refractivity contribution in [3.8, 4) is 17.1 Å². The van der Waals surface area contributed by atoms with Crippen LogP contribution in [0.25, 0.3) is 28.0 Å². The van der Waals surface area contributed by atoms with E-state index in [2.05, 4.69) is 51.0 Å². The first-order chi connectivity index (χ1) is 13.4. The molecule has 0 atom stereocenters. The molecule has 2 N–H and O–H groups in total. The Morgan fingerprint density at radius 2 is 1.93 bits per heavy atom. The van der Waals surface area contributed by atoms with Crippen LogP contribution in [0.1, 0.15) is 11.3 Å². The van der Waals surface area contributed by atoms with E-state index < -0.39 is 5.97 Å². The van der Waals surface area contributed by atoms with E-state index in [0.717, 1.165) is 44.1 Å². The predicted octanol–water partition coefficient (Wildman–Crippen LogP) is 4.97. The first kappa shape index (κ1) is 18.8.